The van der Waals surface area contributed by atoms with Gasteiger partial charge in [-0.3, -0.25) is 0 Å². The highest BCUT2D eigenvalue weighted by atomic mass is 32.2. The van der Waals surface area contributed by atoms with Crippen LogP contribution in [-0.2, 0) is 9.84 Å². The molecule has 1 aliphatic rings. The molecule has 2 rings (SSSR count). The first-order chi connectivity index (χ1) is 8.03. The zero-order valence-corrected chi connectivity index (χ0v) is 10.5. The minimum Gasteiger partial charge on any atom is -0.368 e. The number of anilines is 1. The molecule has 0 aliphatic carbocycles. The van der Waals surface area contributed by atoms with E-state index in [9.17, 15) is 8.42 Å². The molecule has 0 atom stereocenters. The lowest BCUT2D eigenvalue weighted by atomic mass is 10.1. The maximum Gasteiger partial charge on any atom is 0.153 e. The molecule has 1 aromatic rings. The van der Waals surface area contributed by atoms with Crippen LogP contribution in [0.2, 0.25) is 0 Å². The lowest BCUT2D eigenvalue weighted by Gasteiger charge is -2.29. The molecule has 17 heavy (non-hydrogen) atoms. The van der Waals surface area contributed by atoms with Crippen LogP contribution >= 0.6 is 0 Å². The van der Waals surface area contributed by atoms with Crippen LogP contribution in [0.4, 0.5) is 5.69 Å². The second-order valence-corrected chi connectivity index (χ2v) is 6.52. The summed E-state index contributed by atoms with van der Waals surface area (Å²) in [6, 6.07) is 7.86. The molecule has 0 N–H and O–H groups in total. The molecule has 0 radical (unpaired) electrons. The number of benzene rings is 1. The lowest BCUT2D eigenvalue weighted by Crippen LogP contribution is -2.40. The van der Waals surface area contributed by atoms with Gasteiger partial charge in [0.05, 0.1) is 22.8 Å². The van der Waals surface area contributed by atoms with Gasteiger partial charge in [0.1, 0.15) is 6.07 Å². The lowest BCUT2D eigenvalue weighted by molar-refractivity contribution is 0.587. The highest BCUT2D eigenvalue weighted by Crippen LogP contribution is 2.24. The molecule has 1 aliphatic heterocycles. The monoisotopic (exact) mass is 250 g/mol. The third-order valence-corrected chi connectivity index (χ3v) is 4.66. The number of hydrogen-bond donors (Lipinski definition) is 0. The number of aryl methyl sites for hydroxylation is 1. The second-order valence-electron chi connectivity index (χ2n) is 4.22. The predicted molar refractivity (Wildman–Crippen MR) is 66.8 cm³/mol. The van der Waals surface area contributed by atoms with Gasteiger partial charge in [-0.15, -0.1) is 0 Å². The summed E-state index contributed by atoms with van der Waals surface area (Å²) in [5.41, 5.74) is 2.42. The average Bonchev–Trinajstić information content (AvgIpc) is 2.29. The number of nitrogens with zero attached hydrogens (tertiary/aromatic N) is 2. The molecule has 0 unspecified atom stereocenters. The fourth-order valence-electron chi connectivity index (χ4n) is 2.01. The van der Waals surface area contributed by atoms with E-state index in [1.807, 2.05) is 30.0 Å². The Morgan fingerprint density at radius 1 is 1.29 bits per heavy atom. The van der Waals surface area contributed by atoms with Crippen molar-refractivity contribution in [2.45, 2.75) is 6.92 Å². The molecule has 1 heterocycles. The second kappa shape index (κ2) is 4.38. The van der Waals surface area contributed by atoms with Crippen molar-refractivity contribution in [2.24, 2.45) is 0 Å². The van der Waals surface area contributed by atoms with E-state index in [0.717, 1.165) is 11.3 Å². The molecular formula is C12H14N2O2S. The largest absolute Gasteiger partial charge is 0.368 e. The number of nitriles is 1. The van der Waals surface area contributed by atoms with E-state index in [1.165, 1.54) is 0 Å². The topological polar surface area (TPSA) is 61.2 Å². The maximum atomic E-state index is 11.4. The first-order valence-corrected chi connectivity index (χ1v) is 7.31. The minimum atomic E-state index is -2.88. The van der Waals surface area contributed by atoms with Gasteiger partial charge in [0.2, 0.25) is 0 Å². The summed E-state index contributed by atoms with van der Waals surface area (Å²) in [7, 11) is -2.88. The van der Waals surface area contributed by atoms with Crippen molar-refractivity contribution < 1.29 is 8.42 Å². The van der Waals surface area contributed by atoms with Crippen LogP contribution in [0.3, 0.4) is 0 Å². The SMILES string of the molecule is Cc1cccc(N2CCS(=O)(=O)CC2)c1C#N. The van der Waals surface area contributed by atoms with Crippen molar-refractivity contribution >= 4 is 15.5 Å². The molecule has 1 aromatic carbocycles. The van der Waals surface area contributed by atoms with Crippen LogP contribution in [-0.4, -0.2) is 33.0 Å². The van der Waals surface area contributed by atoms with Crippen LogP contribution in [0.25, 0.3) is 0 Å². The summed E-state index contributed by atoms with van der Waals surface area (Å²) >= 11 is 0. The summed E-state index contributed by atoms with van der Waals surface area (Å²) in [5.74, 6) is 0.345. The van der Waals surface area contributed by atoms with Gasteiger partial charge in [-0.2, -0.15) is 5.26 Å². The summed E-state index contributed by atoms with van der Waals surface area (Å²) in [6.07, 6.45) is 0. The summed E-state index contributed by atoms with van der Waals surface area (Å²) in [4.78, 5) is 1.98. The van der Waals surface area contributed by atoms with E-state index in [2.05, 4.69) is 6.07 Å². The Hall–Kier alpha value is -1.54. The van der Waals surface area contributed by atoms with Gasteiger partial charge in [-0.05, 0) is 18.6 Å². The fraction of sp³-hybridized carbons (Fsp3) is 0.417. The number of sulfone groups is 1. The van der Waals surface area contributed by atoms with Gasteiger partial charge < -0.3 is 4.90 Å². The van der Waals surface area contributed by atoms with Crippen LogP contribution in [0.15, 0.2) is 18.2 Å². The molecular weight excluding hydrogens is 236 g/mol. The van der Waals surface area contributed by atoms with Gasteiger partial charge in [-0.1, -0.05) is 12.1 Å². The molecule has 5 heteroatoms. The van der Waals surface area contributed by atoms with E-state index in [-0.39, 0.29) is 11.5 Å². The standard InChI is InChI=1S/C12H14N2O2S/c1-10-3-2-4-12(11(10)9-13)14-5-7-17(15,16)8-6-14/h2-4H,5-8H2,1H3. The molecule has 0 spiro atoms. The van der Waals surface area contributed by atoms with E-state index in [4.69, 9.17) is 5.26 Å². The molecule has 90 valence electrons. The Morgan fingerprint density at radius 3 is 2.53 bits per heavy atom. The Morgan fingerprint density at radius 2 is 1.94 bits per heavy atom. The van der Waals surface area contributed by atoms with Crippen molar-refractivity contribution in [1.82, 2.24) is 0 Å². The van der Waals surface area contributed by atoms with Crippen LogP contribution in [0.1, 0.15) is 11.1 Å². The predicted octanol–water partition coefficient (Wildman–Crippen LogP) is 1.10. The normalized spacial score (nSPS) is 18.7. The Bertz CT molecular complexity index is 559. The van der Waals surface area contributed by atoms with Crippen molar-refractivity contribution in [3.8, 4) is 6.07 Å². The number of hydrogen-bond acceptors (Lipinski definition) is 4. The van der Waals surface area contributed by atoms with Gasteiger partial charge in [0, 0.05) is 13.1 Å². The van der Waals surface area contributed by atoms with Crippen molar-refractivity contribution in [3.63, 3.8) is 0 Å². The van der Waals surface area contributed by atoms with Crippen LogP contribution in [0.5, 0.6) is 0 Å². The molecule has 1 saturated heterocycles. The van der Waals surface area contributed by atoms with E-state index >= 15 is 0 Å². The van der Waals surface area contributed by atoms with Gasteiger partial charge >= 0.3 is 0 Å². The van der Waals surface area contributed by atoms with Crippen molar-refractivity contribution in [3.05, 3.63) is 29.3 Å². The Kier molecular flexibility index (Phi) is 3.07. The highest BCUT2D eigenvalue weighted by Gasteiger charge is 2.23. The van der Waals surface area contributed by atoms with E-state index in [0.29, 0.717) is 18.7 Å². The summed E-state index contributed by atoms with van der Waals surface area (Å²) in [5, 5.41) is 9.14. The summed E-state index contributed by atoms with van der Waals surface area (Å²) < 4.78 is 22.7. The zero-order chi connectivity index (χ0) is 12.5. The minimum absolute atomic E-state index is 0.172. The quantitative estimate of drug-likeness (QED) is 0.749. The maximum absolute atomic E-state index is 11.4. The number of rotatable bonds is 1. The molecule has 0 saturated carbocycles. The average molecular weight is 250 g/mol. The first kappa shape index (κ1) is 11.9. The van der Waals surface area contributed by atoms with E-state index < -0.39 is 9.84 Å². The molecule has 0 aromatic heterocycles. The molecule has 0 bridgehead atoms. The molecule has 0 amide bonds. The van der Waals surface area contributed by atoms with Crippen LogP contribution < -0.4 is 4.90 Å². The van der Waals surface area contributed by atoms with Crippen LogP contribution in [0, 0.1) is 18.3 Å². The van der Waals surface area contributed by atoms with Gasteiger partial charge in [-0.25, -0.2) is 8.42 Å². The third-order valence-electron chi connectivity index (χ3n) is 3.05. The Balaban J connectivity index is 2.31. The van der Waals surface area contributed by atoms with Crippen molar-refractivity contribution in [1.29, 1.82) is 5.26 Å². The first-order valence-electron chi connectivity index (χ1n) is 5.48. The smallest absolute Gasteiger partial charge is 0.153 e. The molecule has 4 nitrogen and oxygen atoms in total. The zero-order valence-electron chi connectivity index (χ0n) is 9.68. The Labute approximate surface area is 101 Å². The fourth-order valence-corrected chi connectivity index (χ4v) is 3.22. The highest BCUT2D eigenvalue weighted by molar-refractivity contribution is 7.91. The van der Waals surface area contributed by atoms with E-state index in [1.54, 1.807) is 0 Å². The van der Waals surface area contributed by atoms with Crippen molar-refractivity contribution in [2.75, 3.05) is 29.5 Å². The van der Waals surface area contributed by atoms with Gasteiger partial charge in [0.15, 0.2) is 9.84 Å². The molecule has 1 fully saturated rings. The third kappa shape index (κ3) is 2.42. The van der Waals surface area contributed by atoms with Gasteiger partial charge in [0.25, 0.3) is 0 Å². The summed E-state index contributed by atoms with van der Waals surface area (Å²) in [6.45, 7) is 2.84.